The summed E-state index contributed by atoms with van der Waals surface area (Å²) in [5.74, 6) is 0.612. The molecule has 0 aromatic heterocycles. The van der Waals surface area contributed by atoms with Crippen LogP contribution in [0.4, 0.5) is 18.9 Å². The number of carbonyl (C=O) groups excluding carboxylic acids is 1. The largest absolute Gasteiger partial charge is 0.496 e. The van der Waals surface area contributed by atoms with Gasteiger partial charge in [0.1, 0.15) is 11.5 Å². The van der Waals surface area contributed by atoms with Crippen LogP contribution in [0.1, 0.15) is 12.0 Å². The Labute approximate surface area is 143 Å². The van der Waals surface area contributed by atoms with E-state index in [0.29, 0.717) is 12.1 Å². The van der Waals surface area contributed by atoms with Crippen molar-refractivity contribution in [3.63, 3.8) is 0 Å². The molecule has 0 spiro atoms. The van der Waals surface area contributed by atoms with E-state index in [2.05, 4.69) is 10.1 Å². The topological polar surface area (TPSA) is 47.6 Å². The van der Waals surface area contributed by atoms with Gasteiger partial charge in [-0.25, -0.2) is 0 Å². The van der Waals surface area contributed by atoms with E-state index in [1.54, 1.807) is 7.11 Å². The molecule has 4 nitrogen and oxygen atoms in total. The van der Waals surface area contributed by atoms with Gasteiger partial charge < -0.3 is 14.8 Å². The third-order valence-electron chi connectivity index (χ3n) is 3.35. The van der Waals surface area contributed by atoms with Crippen LogP contribution in [-0.2, 0) is 11.2 Å². The molecular weight excluding hydrogens is 335 g/mol. The molecule has 2 aromatic rings. The fourth-order valence-electron chi connectivity index (χ4n) is 2.18. The highest BCUT2D eigenvalue weighted by molar-refractivity contribution is 5.90. The summed E-state index contributed by atoms with van der Waals surface area (Å²) in [6.45, 7) is -1.35. The Hall–Kier alpha value is -2.70. The number of methoxy groups -OCH3 is 1. The Morgan fingerprint density at radius 3 is 2.40 bits per heavy atom. The lowest BCUT2D eigenvalue weighted by molar-refractivity contribution is -0.153. The number of carbonyl (C=O) groups is 1. The van der Waals surface area contributed by atoms with Gasteiger partial charge in [-0.1, -0.05) is 18.2 Å². The molecule has 134 valence electrons. The number of nitrogens with one attached hydrogen (secondary N) is 1. The third-order valence-corrected chi connectivity index (χ3v) is 3.35. The number of alkyl halides is 3. The highest BCUT2D eigenvalue weighted by Gasteiger charge is 2.28. The molecule has 1 amide bonds. The normalized spacial score (nSPS) is 11.0. The summed E-state index contributed by atoms with van der Waals surface area (Å²) in [6, 6.07) is 13.2. The van der Waals surface area contributed by atoms with E-state index in [1.165, 1.54) is 24.3 Å². The van der Waals surface area contributed by atoms with E-state index >= 15 is 0 Å². The second kappa shape index (κ2) is 8.41. The van der Waals surface area contributed by atoms with E-state index in [1.807, 2.05) is 24.3 Å². The van der Waals surface area contributed by atoms with Gasteiger partial charge in [0, 0.05) is 12.1 Å². The Balaban J connectivity index is 1.84. The Kier molecular flexibility index (Phi) is 6.27. The summed E-state index contributed by atoms with van der Waals surface area (Å²) in [5.41, 5.74) is 1.42. The van der Waals surface area contributed by atoms with Crippen LogP contribution in [0, 0.1) is 0 Å². The molecule has 0 aliphatic carbocycles. The van der Waals surface area contributed by atoms with Crippen molar-refractivity contribution in [3.8, 4) is 11.5 Å². The van der Waals surface area contributed by atoms with E-state index in [4.69, 9.17) is 4.74 Å². The average Bonchev–Trinajstić information content (AvgIpc) is 2.59. The molecule has 0 unspecified atom stereocenters. The van der Waals surface area contributed by atoms with E-state index in [0.717, 1.165) is 11.3 Å². The molecule has 25 heavy (non-hydrogen) atoms. The van der Waals surface area contributed by atoms with Gasteiger partial charge in [-0.15, -0.1) is 0 Å². The van der Waals surface area contributed by atoms with E-state index in [9.17, 15) is 18.0 Å². The van der Waals surface area contributed by atoms with Gasteiger partial charge in [-0.3, -0.25) is 4.79 Å². The number of benzene rings is 2. The standard InChI is InChI=1S/C18H18F3NO3/c1-24-16-5-3-2-4-13(16)6-11-17(23)22-14-7-9-15(10-8-14)25-12-18(19,20)21/h2-5,7-10H,6,11-12H2,1H3,(H,22,23). The number of hydrogen-bond donors (Lipinski definition) is 1. The third kappa shape index (κ3) is 6.37. The van der Waals surface area contributed by atoms with Crippen molar-refractivity contribution in [1.29, 1.82) is 0 Å². The molecule has 0 heterocycles. The molecule has 2 aromatic carbocycles. The first-order chi connectivity index (χ1) is 11.9. The van der Waals surface area contributed by atoms with Gasteiger partial charge in [0.15, 0.2) is 6.61 Å². The van der Waals surface area contributed by atoms with Crippen molar-refractivity contribution in [2.75, 3.05) is 19.0 Å². The number of rotatable bonds is 7. The number of ether oxygens (including phenoxy) is 2. The van der Waals surface area contributed by atoms with Crippen LogP contribution < -0.4 is 14.8 Å². The predicted molar refractivity (Wildman–Crippen MR) is 87.9 cm³/mol. The number of para-hydroxylation sites is 1. The highest BCUT2D eigenvalue weighted by Crippen LogP contribution is 2.21. The molecule has 0 radical (unpaired) electrons. The molecular formula is C18H18F3NO3. The van der Waals surface area contributed by atoms with Crippen LogP contribution in [-0.4, -0.2) is 25.8 Å². The van der Waals surface area contributed by atoms with Gasteiger partial charge in [-0.2, -0.15) is 13.2 Å². The molecule has 0 saturated heterocycles. The lowest BCUT2D eigenvalue weighted by Crippen LogP contribution is -2.19. The summed E-state index contributed by atoms with van der Waals surface area (Å²) >= 11 is 0. The second-order valence-electron chi connectivity index (χ2n) is 5.29. The number of hydrogen-bond acceptors (Lipinski definition) is 3. The Morgan fingerprint density at radius 1 is 1.08 bits per heavy atom. The number of amides is 1. The van der Waals surface area contributed by atoms with Gasteiger partial charge >= 0.3 is 6.18 Å². The maximum absolute atomic E-state index is 12.1. The minimum Gasteiger partial charge on any atom is -0.496 e. The quantitative estimate of drug-likeness (QED) is 0.811. The molecule has 0 aliphatic heterocycles. The van der Waals surface area contributed by atoms with Gasteiger partial charge in [0.2, 0.25) is 5.91 Å². The van der Waals surface area contributed by atoms with Crippen molar-refractivity contribution < 1.29 is 27.4 Å². The summed E-state index contributed by atoms with van der Waals surface area (Å²) < 4.78 is 46.1. The average molecular weight is 353 g/mol. The zero-order valence-corrected chi connectivity index (χ0v) is 13.6. The number of halogens is 3. The van der Waals surface area contributed by atoms with Crippen LogP contribution in [0.2, 0.25) is 0 Å². The first-order valence-electron chi connectivity index (χ1n) is 7.59. The smallest absolute Gasteiger partial charge is 0.422 e. The molecule has 0 fully saturated rings. The molecule has 0 aliphatic rings. The molecule has 1 N–H and O–H groups in total. The molecule has 0 atom stereocenters. The lowest BCUT2D eigenvalue weighted by Gasteiger charge is -2.10. The zero-order valence-electron chi connectivity index (χ0n) is 13.6. The van der Waals surface area contributed by atoms with Crippen molar-refractivity contribution in [2.45, 2.75) is 19.0 Å². The minimum atomic E-state index is -4.38. The predicted octanol–water partition coefficient (Wildman–Crippen LogP) is 4.21. The van der Waals surface area contributed by atoms with Crippen molar-refractivity contribution in [2.24, 2.45) is 0 Å². The first kappa shape index (κ1) is 18.6. The number of aryl methyl sites for hydroxylation is 1. The lowest BCUT2D eigenvalue weighted by atomic mass is 10.1. The van der Waals surface area contributed by atoms with Gasteiger partial charge in [-0.05, 0) is 42.3 Å². The van der Waals surface area contributed by atoms with Crippen molar-refractivity contribution in [3.05, 3.63) is 54.1 Å². The Bertz CT molecular complexity index is 699. The van der Waals surface area contributed by atoms with Gasteiger partial charge in [0.05, 0.1) is 7.11 Å². The first-order valence-corrected chi connectivity index (χ1v) is 7.59. The van der Waals surface area contributed by atoms with Crippen LogP contribution in [0.15, 0.2) is 48.5 Å². The second-order valence-corrected chi connectivity index (χ2v) is 5.29. The number of anilines is 1. The maximum atomic E-state index is 12.1. The maximum Gasteiger partial charge on any atom is 0.422 e. The van der Waals surface area contributed by atoms with Crippen molar-refractivity contribution in [1.82, 2.24) is 0 Å². The monoisotopic (exact) mass is 353 g/mol. The fraction of sp³-hybridized carbons (Fsp3) is 0.278. The minimum absolute atomic E-state index is 0.0874. The van der Waals surface area contributed by atoms with Crippen LogP contribution in [0.5, 0.6) is 11.5 Å². The molecule has 7 heteroatoms. The fourth-order valence-corrected chi connectivity index (χ4v) is 2.18. The Morgan fingerprint density at radius 2 is 1.76 bits per heavy atom. The molecule has 2 rings (SSSR count). The van der Waals surface area contributed by atoms with E-state index < -0.39 is 12.8 Å². The van der Waals surface area contributed by atoms with Crippen LogP contribution in [0.25, 0.3) is 0 Å². The SMILES string of the molecule is COc1ccccc1CCC(=O)Nc1ccc(OCC(F)(F)F)cc1. The summed E-state index contributed by atoms with van der Waals surface area (Å²) in [6.07, 6.45) is -3.61. The summed E-state index contributed by atoms with van der Waals surface area (Å²) in [4.78, 5) is 12.0. The van der Waals surface area contributed by atoms with E-state index in [-0.39, 0.29) is 18.1 Å². The molecule has 0 bridgehead atoms. The molecule has 0 saturated carbocycles. The summed E-state index contributed by atoms with van der Waals surface area (Å²) in [7, 11) is 1.57. The van der Waals surface area contributed by atoms with Crippen LogP contribution >= 0.6 is 0 Å². The zero-order chi connectivity index (χ0) is 18.3. The van der Waals surface area contributed by atoms with Gasteiger partial charge in [0.25, 0.3) is 0 Å². The van der Waals surface area contributed by atoms with Crippen molar-refractivity contribution >= 4 is 11.6 Å². The highest BCUT2D eigenvalue weighted by atomic mass is 19.4. The summed E-state index contributed by atoms with van der Waals surface area (Å²) in [5, 5.41) is 2.69. The van der Waals surface area contributed by atoms with Crippen LogP contribution in [0.3, 0.4) is 0 Å².